The highest BCUT2D eigenvalue weighted by atomic mass is 35.5. The molecule has 108 valence electrons. The molecule has 1 unspecified atom stereocenters. The zero-order valence-electron chi connectivity index (χ0n) is 11.3. The van der Waals surface area contributed by atoms with Gasteiger partial charge in [0.2, 0.25) is 0 Å². The Hall–Kier alpha value is -2.07. The maximum absolute atomic E-state index is 11.1. The largest absolute Gasteiger partial charge is 0.465 e. The van der Waals surface area contributed by atoms with Crippen LogP contribution in [0, 0.1) is 5.92 Å². The summed E-state index contributed by atoms with van der Waals surface area (Å²) in [6.07, 6.45) is 4.48. The van der Waals surface area contributed by atoms with Crippen LogP contribution >= 0.6 is 11.6 Å². The third kappa shape index (κ3) is 3.00. The van der Waals surface area contributed by atoms with Gasteiger partial charge in [-0.2, -0.15) is 0 Å². The Labute approximate surface area is 127 Å². The second kappa shape index (κ2) is 5.74. The average molecular weight is 303 g/mol. The Balaban J connectivity index is 2.06. The third-order valence-corrected chi connectivity index (χ3v) is 4.05. The van der Waals surface area contributed by atoms with E-state index in [-0.39, 0.29) is 6.04 Å². The van der Waals surface area contributed by atoms with Gasteiger partial charge in [0.25, 0.3) is 0 Å². The van der Waals surface area contributed by atoms with Gasteiger partial charge >= 0.3 is 6.09 Å². The van der Waals surface area contributed by atoms with E-state index in [1.54, 1.807) is 12.4 Å². The van der Waals surface area contributed by atoms with Crippen molar-refractivity contribution in [1.82, 2.24) is 10.3 Å². The van der Waals surface area contributed by atoms with Crippen LogP contribution in [0.15, 0.2) is 42.7 Å². The number of hydrogen-bond donors (Lipinski definition) is 2. The van der Waals surface area contributed by atoms with E-state index < -0.39 is 6.09 Å². The van der Waals surface area contributed by atoms with Crippen LogP contribution in [-0.4, -0.2) is 16.2 Å². The SMILES string of the molecule is O=C(O)NC(c1cnccc1-c1ccccc1Cl)C1CC1. The molecule has 3 rings (SSSR count). The minimum absolute atomic E-state index is 0.234. The second-order valence-electron chi connectivity index (χ2n) is 5.21. The number of carboxylic acid groups (broad SMARTS) is 1. The first-order chi connectivity index (χ1) is 10.2. The molecule has 2 N–H and O–H groups in total. The lowest BCUT2D eigenvalue weighted by Crippen LogP contribution is -2.28. The van der Waals surface area contributed by atoms with Crippen LogP contribution in [0.3, 0.4) is 0 Å². The Morgan fingerprint density at radius 3 is 2.71 bits per heavy atom. The van der Waals surface area contributed by atoms with Gasteiger partial charge in [0, 0.05) is 28.5 Å². The standard InChI is InChI=1S/C16H15ClN2O2/c17-14-4-2-1-3-12(14)11-7-8-18-9-13(11)15(10-5-6-10)19-16(20)21/h1-4,7-10,15,19H,5-6H2,(H,20,21). The van der Waals surface area contributed by atoms with E-state index in [1.165, 1.54) is 0 Å². The molecule has 1 aromatic heterocycles. The molecule has 4 nitrogen and oxygen atoms in total. The maximum atomic E-state index is 11.1. The fourth-order valence-corrected chi connectivity index (χ4v) is 2.83. The topological polar surface area (TPSA) is 62.2 Å². The number of benzene rings is 1. The normalized spacial score (nSPS) is 15.5. The van der Waals surface area contributed by atoms with Gasteiger partial charge in [-0.15, -0.1) is 0 Å². The number of nitrogens with zero attached hydrogens (tertiary/aromatic N) is 1. The number of rotatable bonds is 4. The predicted molar refractivity (Wildman–Crippen MR) is 81.3 cm³/mol. The van der Waals surface area contributed by atoms with Crippen molar-refractivity contribution in [2.45, 2.75) is 18.9 Å². The van der Waals surface area contributed by atoms with E-state index in [1.807, 2.05) is 30.3 Å². The molecule has 1 atom stereocenters. The molecule has 0 saturated heterocycles. The molecule has 1 heterocycles. The van der Waals surface area contributed by atoms with Crippen LogP contribution in [0.4, 0.5) is 4.79 Å². The molecule has 1 amide bonds. The van der Waals surface area contributed by atoms with Gasteiger partial charge in [0.15, 0.2) is 0 Å². The first-order valence-corrected chi connectivity index (χ1v) is 7.23. The molecule has 0 bridgehead atoms. The fraction of sp³-hybridized carbons (Fsp3) is 0.250. The van der Waals surface area contributed by atoms with Crippen molar-refractivity contribution >= 4 is 17.7 Å². The number of pyridine rings is 1. The highest BCUT2D eigenvalue weighted by Crippen LogP contribution is 2.44. The summed E-state index contributed by atoms with van der Waals surface area (Å²) in [5.74, 6) is 0.339. The molecular formula is C16H15ClN2O2. The second-order valence-corrected chi connectivity index (χ2v) is 5.61. The molecular weight excluding hydrogens is 288 g/mol. The number of nitrogens with one attached hydrogen (secondary N) is 1. The lowest BCUT2D eigenvalue weighted by Gasteiger charge is -2.20. The highest BCUT2D eigenvalue weighted by molar-refractivity contribution is 6.33. The number of carbonyl (C=O) groups is 1. The lowest BCUT2D eigenvalue weighted by molar-refractivity contribution is 0.188. The predicted octanol–water partition coefficient (Wildman–Crippen LogP) is 4.12. The van der Waals surface area contributed by atoms with Crippen molar-refractivity contribution in [3.05, 3.63) is 53.3 Å². The van der Waals surface area contributed by atoms with E-state index in [2.05, 4.69) is 10.3 Å². The van der Waals surface area contributed by atoms with Crippen molar-refractivity contribution in [2.24, 2.45) is 5.92 Å². The quantitative estimate of drug-likeness (QED) is 0.893. The summed E-state index contributed by atoms with van der Waals surface area (Å²) >= 11 is 6.28. The van der Waals surface area contributed by atoms with Crippen LogP contribution < -0.4 is 5.32 Å². The number of aromatic nitrogens is 1. The fourth-order valence-electron chi connectivity index (χ4n) is 2.59. The summed E-state index contributed by atoms with van der Waals surface area (Å²) in [6.45, 7) is 0. The third-order valence-electron chi connectivity index (χ3n) is 3.72. The molecule has 21 heavy (non-hydrogen) atoms. The van der Waals surface area contributed by atoms with Gasteiger partial charge in [0.1, 0.15) is 0 Å². The molecule has 0 aliphatic heterocycles. The van der Waals surface area contributed by atoms with Gasteiger partial charge in [0.05, 0.1) is 6.04 Å². The number of amides is 1. The summed E-state index contributed by atoms with van der Waals surface area (Å²) in [7, 11) is 0. The first kappa shape index (κ1) is 13.9. The van der Waals surface area contributed by atoms with E-state index in [4.69, 9.17) is 16.7 Å². The average Bonchev–Trinajstić information content (AvgIpc) is 3.30. The van der Waals surface area contributed by atoms with E-state index in [0.29, 0.717) is 10.9 Å². The van der Waals surface area contributed by atoms with Gasteiger partial charge in [-0.25, -0.2) is 4.79 Å². The van der Waals surface area contributed by atoms with Gasteiger partial charge in [-0.1, -0.05) is 29.8 Å². The Bertz CT molecular complexity index is 671. The van der Waals surface area contributed by atoms with Crippen molar-refractivity contribution < 1.29 is 9.90 Å². The van der Waals surface area contributed by atoms with E-state index >= 15 is 0 Å². The minimum atomic E-state index is -1.01. The Kier molecular flexibility index (Phi) is 3.80. The van der Waals surface area contributed by atoms with E-state index in [9.17, 15) is 4.79 Å². The molecule has 1 fully saturated rings. The summed E-state index contributed by atoms with van der Waals surface area (Å²) in [6, 6.07) is 9.21. The summed E-state index contributed by atoms with van der Waals surface area (Å²) in [4.78, 5) is 15.2. The molecule has 1 saturated carbocycles. The highest BCUT2D eigenvalue weighted by Gasteiger charge is 2.35. The summed E-state index contributed by atoms with van der Waals surface area (Å²) in [5, 5.41) is 12.3. The molecule has 5 heteroatoms. The molecule has 2 aromatic rings. The molecule has 0 radical (unpaired) electrons. The molecule has 1 aliphatic carbocycles. The zero-order valence-corrected chi connectivity index (χ0v) is 12.0. The van der Waals surface area contributed by atoms with Crippen molar-refractivity contribution in [3.63, 3.8) is 0 Å². The molecule has 0 spiro atoms. The Morgan fingerprint density at radius 1 is 1.29 bits per heavy atom. The van der Waals surface area contributed by atoms with Crippen molar-refractivity contribution in [2.75, 3.05) is 0 Å². The van der Waals surface area contributed by atoms with Crippen LogP contribution in [0.25, 0.3) is 11.1 Å². The van der Waals surface area contributed by atoms with Crippen LogP contribution in [0.2, 0.25) is 5.02 Å². The van der Waals surface area contributed by atoms with Crippen LogP contribution in [-0.2, 0) is 0 Å². The van der Waals surface area contributed by atoms with Crippen molar-refractivity contribution in [1.29, 1.82) is 0 Å². The van der Waals surface area contributed by atoms with E-state index in [0.717, 1.165) is 29.5 Å². The van der Waals surface area contributed by atoms with Crippen LogP contribution in [0.5, 0.6) is 0 Å². The minimum Gasteiger partial charge on any atom is -0.465 e. The maximum Gasteiger partial charge on any atom is 0.405 e. The molecule has 1 aromatic carbocycles. The van der Waals surface area contributed by atoms with Gasteiger partial charge in [-0.05, 0) is 36.5 Å². The van der Waals surface area contributed by atoms with Gasteiger partial charge < -0.3 is 10.4 Å². The van der Waals surface area contributed by atoms with Gasteiger partial charge in [-0.3, -0.25) is 4.98 Å². The van der Waals surface area contributed by atoms with Crippen LogP contribution in [0.1, 0.15) is 24.4 Å². The summed E-state index contributed by atoms with van der Waals surface area (Å²) < 4.78 is 0. The zero-order chi connectivity index (χ0) is 14.8. The monoisotopic (exact) mass is 302 g/mol. The molecule has 1 aliphatic rings. The first-order valence-electron chi connectivity index (χ1n) is 6.85. The number of halogens is 1. The lowest BCUT2D eigenvalue weighted by atomic mass is 9.94. The summed E-state index contributed by atoms with van der Waals surface area (Å²) in [5.41, 5.74) is 2.71. The Morgan fingerprint density at radius 2 is 2.05 bits per heavy atom. The van der Waals surface area contributed by atoms with Crippen molar-refractivity contribution in [3.8, 4) is 11.1 Å². The smallest absolute Gasteiger partial charge is 0.405 e. The number of hydrogen-bond acceptors (Lipinski definition) is 2.